The highest BCUT2D eigenvalue weighted by molar-refractivity contribution is 9.10. The van der Waals surface area contributed by atoms with Crippen molar-refractivity contribution in [2.45, 2.75) is 55.9 Å². The van der Waals surface area contributed by atoms with Gasteiger partial charge in [-0.15, -0.1) is 0 Å². The number of aryl methyl sites for hydroxylation is 1. The molecule has 5 nitrogen and oxygen atoms in total. The summed E-state index contributed by atoms with van der Waals surface area (Å²) in [5, 5.41) is -0.286. The van der Waals surface area contributed by atoms with E-state index in [-0.39, 0.29) is 23.2 Å². The lowest BCUT2D eigenvalue weighted by Gasteiger charge is -2.38. The van der Waals surface area contributed by atoms with Crippen LogP contribution in [0.2, 0.25) is 0 Å². The number of halogens is 1. The summed E-state index contributed by atoms with van der Waals surface area (Å²) in [5.74, 6) is 0.919. The molecule has 7 heteroatoms. The first-order valence-electron chi connectivity index (χ1n) is 8.62. The van der Waals surface area contributed by atoms with Gasteiger partial charge in [0.15, 0.2) is 0 Å². The molecule has 2 bridgehead atoms. The van der Waals surface area contributed by atoms with E-state index in [1.165, 1.54) is 6.26 Å². The maximum atomic E-state index is 12.7. The first kappa shape index (κ1) is 18.7. The molecule has 0 saturated carbocycles. The molecule has 2 heterocycles. The molecule has 3 rings (SSSR count). The Morgan fingerprint density at radius 1 is 1.28 bits per heavy atom. The van der Waals surface area contributed by atoms with Crippen LogP contribution < -0.4 is 4.74 Å². The first-order valence-corrected chi connectivity index (χ1v) is 11.4. The smallest absolute Gasteiger partial charge is 0.223 e. The number of sulfone groups is 1. The molecule has 2 aliphatic heterocycles. The molecule has 1 aromatic carbocycles. The van der Waals surface area contributed by atoms with Crippen molar-refractivity contribution in [1.82, 2.24) is 4.90 Å². The molecule has 2 fully saturated rings. The van der Waals surface area contributed by atoms with Gasteiger partial charge >= 0.3 is 0 Å². The number of hydrogen-bond donors (Lipinski definition) is 0. The second-order valence-corrected chi connectivity index (χ2v) is 10.3. The number of nitrogens with zero attached hydrogens (tertiary/aromatic N) is 1. The molecule has 25 heavy (non-hydrogen) atoms. The highest BCUT2D eigenvalue weighted by Crippen LogP contribution is 2.38. The van der Waals surface area contributed by atoms with Gasteiger partial charge in [0.25, 0.3) is 0 Å². The summed E-state index contributed by atoms with van der Waals surface area (Å²) in [7, 11) is -1.40. The van der Waals surface area contributed by atoms with Gasteiger partial charge in [0.05, 0.1) is 16.8 Å². The Bertz CT molecular complexity index is 750. The van der Waals surface area contributed by atoms with Crippen molar-refractivity contribution < 1.29 is 17.9 Å². The van der Waals surface area contributed by atoms with Crippen LogP contribution in [0, 0.1) is 0 Å². The van der Waals surface area contributed by atoms with E-state index in [1.54, 1.807) is 7.11 Å². The van der Waals surface area contributed by atoms with Crippen LogP contribution in [0.15, 0.2) is 22.7 Å². The van der Waals surface area contributed by atoms with Gasteiger partial charge in [-0.1, -0.05) is 6.07 Å². The summed E-state index contributed by atoms with van der Waals surface area (Å²) in [4.78, 5) is 14.7. The fourth-order valence-corrected chi connectivity index (χ4v) is 5.86. The quantitative estimate of drug-likeness (QED) is 0.721. The summed E-state index contributed by atoms with van der Waals surface area (Å²) in [6.07, 6.45) is 5.48. The average Bonchev–Trinajstić information content (AvgIpc) is 2.81. The molecule has 0 aromatic heterocycles. The van der Waals surface area contributed by atoms with Crippen LogP contribution in [-0.2, 0) is 21.1 Å². The zero-order valence-corrected chi connectivity index (χ0v) is 17.0. The Labute approximate surface area is 157 Å². The molecule has 138 valence electrons. The van der Waals surface area contributed by atoms with Crippen LogP contribution in [0.5, 0.6) is 5.75 Å². The normalized spacial score (nSPS) is 25.9. The summed E-state index contributed by atoms with van der Waals surface area (Å²) >= 11 is 3.47. The van der Waals surface area contributed by atoms with E-state index in [2.05, 4.69) is 15.9 Å². The molecule has 2 saturated heterocycles. The fourth-order valence-electron chi connectivity index (χ4n) is 4.13. The Kier molecular flexibility index (Phi) is 5.44. The number of carbonyl (C=O) groups is 1. The van der Waals surface area contributed by atoms with Gasteiger partial charge in [-0.2, -0.15) is 0 Å². The Morgan fingerprint density at radius 3 is 2.44 bits per heavy atom. The third-order valence-corrected chi connectivity index (χ3v) is 7.64. The van der Waals surface area contributed by atoms with Gasteiger partial charge < -0.3 is 9.64 Å². The van der Waals surface area contributed by atoms with Crippen molar-refractivity contribution in [3.63, 3.8) is 0 Å². The number of amides is 1. The topological polar surface area (TPSA) is 63.7 Å². The Balaban J connectivity index is 1.62. The maximum Gasteiger partial charge on any atom is 0.223 e. The summed E-state index contributed by atoms with van der Waals surface area (Å²) in [6, 6.07) is 6.03. The molecule has 0 aliphatic carbocycles. The van der Waals surface area contributed by atoms with Crippen LogP contribution in [0.3, 0.4) is 0 Å². The minimum atomic E-state index is -3.02. The van der Waals surface area contributed by atoms with E-state index >= 15 is 0 Å². The standard InChI is InChI=1S/C18H24BrNO4S/c1-24-17-7-3-12(9-16(17)19)4-8-18(21)20-13-5-6-14(20)11-15(10-13)25(2,22)23/h3,7,9,13-15H,4-6,8,10-11H2,1-2H3. The molecule has 2 unspecified atom stereocenters. The molecule has 1 aromatic rings. The van der Waals surface area contributed by atoms with Crippen LogP contribution >= 0.6 is 15.9 Å². The zero-order chi connectivity index (χ0) is 18.2. The summed E-state index contributed by atoms with van der Waals surface area (Å²) in [6.45, 7) is 0. The summed E-state index contributed by atoms with van der Waals surface area (Å²) in [5.41, 5.74) is 1.08. The second kappa shape index (κ2) is 7.27. The maximum absolute atomic E-state index is 12.7. The van der Waals surface area contributed by atoms with Crippen molar-refractivity contribution in [3.05, 3.63) is 28.2 Å². The molecule has 0 spiro atoms. The van der Waals surface area contributed by atoms with E-state index in [4.69, 9.17) is 4.74 Å². The number of carbonyl (C=O) groups excluding carboxylic acids is 1. The highest BCUT2D eigenvalue weighted by Gasteiger charge is 2.45. The Hall–Kier alpha value is -1.08. The molecule has 1 amide bonds. The lowest BCUT2D eigenvalue weighted by molar-refractivity contribution is -0.135. The number of piperidine rings is 1. The van der Waals surface area contributed by atoms with Gasteiger partial charge in [-0.25, -0.2) is 8.42 Å². The third-order valence-electron chi connectivity index (χ3n) is 5.43. The van der Waals surface area contributed by atoms with Crippen LogP contribution in [0.25, 0.3) is 0 Å². The minimum Gasteiger partial charge on any atom is -0.496 e. The van der Waals surface area contributed by atoms with Crippen LogP contribution in [-0.4, -0.2) is 49.9 Å². The molecular weight excluding hydrogens is 406 g/mol. The van der Waals surface area contributed by atoms with Gasteiger partial charge in [-0.05, 0) is 65.7 Å². The van der Waals surface area contributed by atoms with Crippen molar-refractivity contribution in [3.8, 4) is 5.75 Å². The number of ether oxygens (including phenoxy) is 1. The average molecular weight is 430 g/mol. The van der Waals surface area contributed by atoms with Gasteiger partial charge in [0.2, 0.25) is 5.91 Å². The van der Waals surface area contributed by atoms with E-state index < -0.39 is 9.84 Å². The molecule has 2 atom stereocenters. The fraction of sp³-hybridized carbons (Fsp3) is 0.611. The van der Waals surface area contributed by atoms with E-state index in [9.17, 15) is 13.2 Å². The predicted molar refractivity (Wildman–Crippen MR) is 101 cm³/mol. The second-order valence-electron chi connectivity index (χ2n) is 7.08. The van der Waals surface area contributed by atoms with Gasteiger partial charge in [0, 0.05) is 24.8 Å². The number of methoxy groups -OCH3 is 1. The van der Waals surface area contributed by atoms with Crippen LogP contribution in [0.1, 0.15) is 37.7 Å². The van der Waals surface area contributed by atoms with Crippen molar-refractivity contribution >= 4 is 31.7 Å². The van der Waals surface area contributed by atoms with Crippen molar-refractivity contribution in [2.24, 2.45) is 0 Å². The summed E-state index contributed by atoms with van der Waals surface area (Å²) < 4.78 is 29.8. The number of fused-ring (bicyclic) bond motifs is 2. The zero-order valence-electron chi connectivity index (χ0n) is 14.6. The van der Waals surface area contributed by atoms with Crippen molar-refractivity contribution in [2.75, 3.05) is 13.4 Å². The van der Waals surface area contributed by atoms with Crippen LogP contribution in [0.4, 0.5) is 0 Å². The van der Waals surface area contributed by atoms with E-state index in [0.717, 1.165) is 28.6 Å². The molecule has 0 N–H and O–H groups in total. The largest absolute Gasteiger partial charge is 0.496 e. The molecular formula is C18H24BrNO4S. The number of rotatable bonds is 5. The van der Waals surface area contributed by atoms with Gasteiger partial charge in [-0.3, -0.25) is 4.79 Å². The molecule has 0 radical (unpaired) electrons. The lowest BCUT2D eigenvalue weighted by Crippen LogP contribution is -2.49. The first-order chi connectivity index (χ1) is 11.8. The highest BCUT2D eigenvalue weighted by atomic mass is 79.9. The number of benzene rings is 1. The predicted octanol–water partition coefficient (Wildman–Crippen LogP) is 2.96. The van der Waals surface area contributed by atoms with Gasteiger partial charge in [0.1, 0.15) is 15.6 Å². The van der Waals surface area contributed by atoms with E-state index in [0.29, 0.717) is 25.7 Å². The lowest BCUT2D eigenvalue weighted by atomic mass is 10.0. The molecule has 2 aliphatic rings. The third kappa shape index (κ3) is 4.03. The number of hydrogen-bond acceptors (Lipinski definition) is 4. The Morgan fingerprint density at radius 2 is 1.92 bits per heavy atom. The minimum absolute atomic E-state index is 0.0913. The van der Waals surface area contributed by atoms with Crippen molar-refractivity contribution in [1.29, 1.82) is 0 Å². The SMILES string of the molecule is COc1ccc(CCC(=O)N2C3CCC2CC(S(C)(=O)=O)C3)cc1Br. The van der Waals surface area contributed by atoms with E-state index in [1.807, 2.05) is 23.1 Å². The monoisotopic (exact) mass is 429 g/mol.